The lowest BCUT2D eigenvalue weighted by Gasteiger charge is -2.02. The lowest BCUT2D eigenvalue weighted by molar-refractivity contribution is 0.0696. The van der Waals surface area contributed by atoms with Gasteiger partial charge in [0.2, 0.25) is 5.88 Å². The zero-order valence-electron chi connectivity index (χ0n) is 9.28. The van der Waals surface area contributed by atoms with Crippen LogP contribution in [0.1, 0.15) is 16.1 Å². The molecule has 1 N–H and O–H groups in total. The molecule has 0 aromatic carbocycles. The summed E-state index contributed by atoms with van der Waals surface area (Å²) in [5.74, 6) is -0.872. The van der Waals surface area contributed by atoms with Gasteiger partial charge in [-0.1, -0.05) is 0 Å². The molecular weight excluding hydrogens is 224 g/mol. The van der Waals surface area contributed by atoms with Crippen molar-refractivity contribution in [2.75, 3.05) is 0 Å². The van der Waals surface area contributed by atoms with Crippen molar-refractivity contribution < 1.29 is 14.6 Å². The van der Waals surface area contributed by atoms with Crippen LogP contribution in [-0.2, 0) is 7.05 Å². The van der Waals surface area contributed by atoms with Gasteiger partial charge < -0.3 is 9.84 Å². The van der Waals surface area contributed by atoms with Gasteiger partial charge in [-0.2, -0.15) is 4.98 Å². The molecule has 0 radical (unpaired) electrons. The van der Waals surface area contributed by atoms with Crippen LogP contribution in [0.25, 0.3) is 0 Å². The summed E-state index contributed by atoms with van der Waals surface area (Å²) >= 11 is 0. The molecule has 0 amide bonds. The molecule has 0 spiro atoms. The number of carboxylic acids is 1. The smallest absolute Gasteiger partial charge is 0.342 e. The number of carbonyl (C=O) groups is 1. The Balaban J connectivity index is 2.29. The first-order valence-corrected chi connectivity index (χ1v) is 4.80. The first-order valence-electron chi connectivity index (χ1n) is 4.80. The molecule has 0 fully saturated rings. The van der Waals surface area contributed by atoms with Crippen LogP contribution in [0.4, 0.5) is 0 Å². The summed E-state index contributed by atoms with van der Waals surface area (Å²) in [6.07, 6.45) is 1.48. The van der Waals surface area contributed by atoms with E-state index in [0.29, 0.717) is 5.69 Å². The molecule has 88 valence electrons. The molecule has 0 saturated carbocycles. The van der Waals surface area contributed by atoms with E-state index in [2.05, 4.69) is 15.1 Å². The van der Waals surface area contributed by atoms with Crippen LogP contribution in [-0.4, -0.2) is 30.8 Å². The number of hydrogen-bond acceptors (Lipinski definition) is 5. The molecule has 2 heterocycles. The number of aromatic carboxylic acids is 1. The van der Waals surface area contributed by atoms with Crippen molar-refractivity contribution in [3.63, 3.8) is 0 Å². The van der Waals surface area contributed by atoms with Crippen LogP contribution in [0.3, 0.4) is 0 Å². The molecule has 7 nitrogen and oxygen atoms in total. The average Bonchev–Trinajstić information content (AvgIpc) is 2.63. The van der Waals surface area contributed by atoms with Gasteiger partial charge in [0.1, 0.15) is 6.33 Å². The van der Waals surface area contributed by atoms with Crippen LogP contribution < -0.4 is 4.74 Å². The number of nitrogens with zero attached hydrogens (tertiary/aromatic N) is 4. The van der Waals surface area contributed by atoms with Gasteiger partial charge in [-0.15, -0.1) is 5.10 Å². The first-order chi connectivity index (χ1) is 8.04. The highest BCUT2D eigenvalue weighted by atomic mass is 16.5. The normalized spacial score (nSPS) is 10.2. The fourth-order valence-electron chi connectivity index (χ4n) is 1.27. The molecule has 0 atom stereocenters. The van der Waals surface area contributed by atoms with E-state index in [1.165, 1.54) is 23.1 Å². The molecular formula is C10H10N4O3. The van der Waals surface area contributed by atoms with Gasteiger partial charge in [0.25, 0.3) is 0 Å². The average molecular weight is 234 g/mol. The van der Waals surface area contributed by atoms with Crippen molar-refractivity contribution >= 4 is 5.97 Å². The fraction of sp³-hybridized carbons (Fsp3) is 0.200. The number of carboxylic acid groups (broad SMARTS) is 1. The number of ether oxygens (including phenoxy) is 1. The van der Waals surface area contributed by atoms with Crippen molar-refractivity contribution in [2.24, 2.45) is 7.05 Å². The second kappa shape index (κ2) is 4.20. The molecule has 0 unspecified atom stereocenters. The highest BCUT2D eigenvalue weighted by Gasteiger charge is 2.09. The molecule has 0 aliphatic rings. The second-order valence-corrected chi connectivity index (χ2v) is 3.44. The quantitative estimate of drug-likeness (QED) is 0.852. The molecule has 2 aromatic rings. The van der Waals surface area contributed by atoms with Crippen molar-refractivity contribution in [2.45, 2.75) is 6.92 Å². The SMILES string of the molecule is Cc1cc(C(=O)O)cc(Oc2ncn(C)n2)n1. The largest absolute Gasteiger partial charge is 0.478 e. The maximum Gasteiger partial charge on any atom is 0.342 e. The summed E-state index contributed by atoms with van der Waals surface area (Å²) in [5, 5.41) is 12.8. The van der Waals surface area contributed by atoms with E-state index < -0.39 is 5.97 Å². The summed E-state index contributed by atoms with van der Waals surface area (Å²) in [5.41, 5.74) is 0.666. The van der Waals surface area contributed by atoms with Crippen LogP contribution in [0.5, 0.6) is 11.9 Å². The van der Waals surface area contributed by atoms with E-state index in [1.807, 2.05) is 0 Å². The van der Waals surface area contributed by atoms with Crippen LogP contribution in [0, 0.1) is 6.92 Å². The van der Waals surface area contributed by atoms with Gasteiger partial charge in [-0.3, -0.25) is 4.68 Å². The Morgan fingerprint density at radius 3 is 2.82 bits per heavy atom. The highest BCUT2D eigenvalue weighted by Crippen LogP contribution is 2.17. The van der Waals surface area contributed by atoms with Crippen LogP contribution in [0.2, 0.25) is 0 Å². The van der Waals surface area contributed by atoms with E-state index in [4.69, 9.17) is 9.84 Å². The fourth-order valence-corrected chi connectivity index (χ4v) is 1.27. The van der Waals surface area contributed by atoms with E-state index in [1.54, 1.807) is 14.0 Å². The van der Waals surface area contributed by atoms with Gasteiger partial charge in [0.15, 0.2) is 0 Å². The second-order valence-electron chi connectivity index (χ2n) is 3.44. The lowest BCUT2D eigenvalue weighted by Crippen LogP contribution is -2.00. The van der Waals surface area contributed by atoms with Gasteiger partial charge >= 0.3 is 12.0 Å². The van der Waals surface area contributed by atoms with Gasteiger partial charge in [0.05, 0.1) is 5.56 Å². The predicted octanol–water partition coefficient (Wildman–Crippen LogP) is 1.01. The number of pyridine rings is 1. The standard InChI is InChI=1S/C10H10N4O3/c1-6-3-7(9(15)16)4-8(12-6)17-10-11-5-14(2)13-10/h3-5H,1-2H3,(H,15,16). The molecule has 17 heavy (non-hydrogen) atoms. The zero-order valence-corrected chi connectivity index (χ0v) is 9.28. The topological polar surface area (TPSA) is 90.1 Å². The molecule has 0 aliphatic carbocycles. The summed E-state index contributed by atoms with van der Waals surface area (Å²) in [6.45, 7) is 1.69. The minimum atomic E-state index is -1.03. The summed E-state index contributed by atoms with van der Waals surface area (Å²) in [4.78, 5) is 18.7. The van der Waals surface area contributed by atoms with E-state index in [-0.39, 0.29) is 17.5 Å². The Kier molecular flexibility index (Phi) is 2.73. The number of aryl methyl sites for hydroxylation is 2. The predicted molar refractivity (Wildman–Crippen MR) is 57.0 cm³/mol. The summed E-state index contributed by atoms with van der Waals surface area (Å²) in [6, 6.07) is 2.91. The first kappa shape index (κ1) is 11.1. The summed E-state index contributed by atoms with van der Waals surface area (Å²) < 4.78 is 6.73. The van der Waals surface area contributed by atoms with Crippen molar-refractivity contribution in [3.05, 3.63) is 29.7 Å². The molecule has 0 bridgehead atoms. The van der Waals surface area contributed by atoms with E-state index in [9.17, 15) is 4.79 Å². The minimum Gasteiger partial charge on any atom is -0.478 e. The highest BCUT2D eigenvalue weighted by molar-refractivity contribution is 5.88. The Hall–Kier alpha value is -2.44. The van der Waals surface area contributed by atoms with E-state index in [0.717, 1.165) is 0 Å². The lowest BCUT2D eigenvalue weighted by atomic mass is 10.2. The van der Waals surface area contributed by atoms with Crippen molar-refractivity contribution in [1.29, 1.82) is 0 Å². The maximum atomic E-state index is 10.8. The third kappa shape index (κ3) is 2.57. The third-order valence-electron chi connectivity index (χ3n) is 1.95. The van der Waals surface area contributed by atoms with E-state index >= 15 is 0 Å². The van der Waals surface area contributed by atoms with Gasteiger partial charge in [-0.05, 0) is 13.0 Å². The van der Waals surface area contributed by atoms with Crippen molar-refractivity contribution in [1.82, 2.24) is 19.7 Å². The molecule has 2 rings (SSSR count). The summed E-state index contributed by atoms with van der Waals surface area (Å²) in [7, 11) is 1.70. The number of rotatable bonds is 3. The van der Waals surface area contributed by atoms with Crippen LogP contribution in [0.15, 0.2) is 18.5 Å². The van der Waals surface area contributed by atoms with Crippen LogP contribution >= 0.6 is 0 Å². The maximum absolute atomic E-state index is 10.8. The third-order valence-corrected chi connectivity index (χ3v) is 1.95. The Bertz CT molecular complexity index is 564. The Morgan fingerprint density at radius 1 is 1.47 bits per heavy atom. The number of aromatic nitrogens is 4. The van der Waals surface area contributed by atoms with Gasteiger partial charge in [0, 0.05) is 18.8 Å². The molecule has 0 aliphatic heterocycles. The Labute approximate surface area is 96.7 Å². The molecule has 7 heteroatoms. The number of hydrogen-bond donors (Lipinski definition) is 1. The van der Waals surface area contributed by atoms with Gasteiger partial charge in [-0.25, -0.2) is 9.78 Å². The minimum absolute atomic E-state index is 0.114. The molecule has 2 aromatic heterocycles. The Morgan fingerprint density at radius 2 is 2.24 bits per heavy atom. The zero-order chi connectivity index (χ0) is 12.4. The van der Waals surface area contributed by atoms with Crippen molar-refractivity contribution in [3.8, 4) is 11.9 Å². The monoisotopic (exact) mass is 234 g/mol. The molecule has 0 saturated heterocycles.